The van der Waals surface area contributed by atoms with Gasteiger partial charge in [-0.1, -0.05) is 48.5 Å². The zero-order chi connectivity index (χ0) is 22.0. The van der Waals surface area contributed by atoms with Gasteiger partial charge in [0.1, 0.15) is 12.3 Å². The molecule has 2 rings (SSSR count). The molecule has 0 aliphatic carbocycles. The van der Waals surface area contributed by atoms with Crippen LogP contribution < -0.4 is 10.7 Å². The van der Waals surface area contributed by atoms with Crippen LogP contribution in [0, 0.1) is 0 Å². The topological polar surface area (TPSA) is 114 Å². The van der Waals surface area contributed by atoms with Crippen molar-refractivity contribution in [3.8, 4) is 0 Å². The first-order valence-electron chi connectivity index (χ1n) is 9.39. The molecule has 0 fully saturated rings. The zero-order valence-corrected chi connectivity index (χ0v) is 16.8. The summed E-state index contributed by atoms with van der Waals surface area (Å²) in [7, 11) is 0. The summed E-state index contributed by atoms with van der Waals surface area (Å²) in [6.07, 6.45) is 1.84. The smallest absolute Gasteiger partial charge is 0.407 e. The van der Waals surface area contributed by atoms with Crippen LogP contribution in [-0.4, -0.2) is 30.3 Å². The van der Waals surface area contributed by atoms with Crippen molar-refractivity contribution in [3.05, 3.63) is 66.2 Å². The van der Waals surface area contributed by atoms with E-state index < -0.39 is 6.09 Å². The fraction of sp³-hybridized carbons (Fsp3) is 0.273. The molecule has 0 aliphatic heterocycles. The molecule has 1 amide bonds. The van der Waals surface area contributed by atoms with Crippen LogP contribution in [0.1, 0.15) is 31.7 Å². The predicted octanol–water partition coefficient (Wildman–Crippen LogP) is 3.56. The lowest BCUT2D eigenvalue weighted by Gasteiger charge is -2.08. The molecule has 0 saturated heterocycles. The van der Waals surface area contributed by atoms with Gasteiger partial charge >= 0.3 is 12.2 Å². The molecule has 0 unspecified atom stereocenters. The summed E-state index contributed by atoms with van der Waals surface area (Å²) >= 11 is 0. The highest BCUT2D eigenvalue weighted by molar-refractivity contribution is 6.39. The van der Waals surface area contributed by atoms with Crippen LogP contribution in [0.2, 0.25) is 0 Å². The molecule has 30 heavy (non-hydrogen) atoms. The van der Waals surface area contributed by atoms with E-state index in [1.807, 2.05) is 60.7 Å². The second-order valence-corrected chi connectivity index (χ2v) is 6.12. The van der Waals surface area contributed by atoms with Crippen LogP contribution in [0.5, 0.6) is 0 Å². The van der Waals surface area contributed by atoms with Gasteiger partial charge in [0.05, 0.1) is 5.69 Å². The summed E-state index contributed by atoms with van der Waals surface area (Å²) in [6, 6.07) is 19.0. The van der Waals surface area contributed by atoms with Gasteiger partial charge < -0.3 is 10.1 Å². The van der Waals surface area contributed by atoms with E-state index in [2.05, 4.69) is 15.8 Å². The second kappa shape index (κ2) is 15.2. The number of rotatable bonds is 10. The van der Waals surface area contributed by atoms with Gasteiger partial charge in [-0.3, -0.25) is 10.2 Å². The second-order valence-electron chi connectivity index (χ2n) is 6.12. The number of Topliss-reactive ketones (excluding diaryl/α,β-unsaturated/α-hetero) is 1. The van der Waals surface area contributed by atoms with Gasteiger partial charge in [0.15, 0.2) is 5.78 Å². The first kappa shape index (κ1) is 24.3. The van der Waals surface area contributed by atoms with Gasteiger partial charge in [0, 0.05) is 13.5 Å². The predicted molar refractivity (Wildman–Crippen MR) is 112 cm³/mol. The average Bonchev–Trinajstić information content (AvgIpc) is 2.76. The molecule has 0 saturated carbocycles. The van der Waals surface area contributed by atoms with Gasteiger partial charge in [-0.05, 0) is 37.0 Å². The number of nitrogens with one attached hydrogen (secondary N) is 2. The number of unbranched alkanes of at least 4 members (excludes halogenated alkanes) is 1. The third-order valence-electron chi connectivity index (χ3n) is 3.82. The van der Waals surface area contributed by atoms with Crippen molar-refractivity contribution in [1.82, 2.24) is 5.32 Å². The van der Waals surface area contributed by atoms with Crippen molar-refractivity contribution in [2.45, 2.75) is 32.8 Å². The molecule has 2 aromatic rings. The minimum Gasteiger partial charge on any atom is -0.445 e. The molecule has 2 N–H and O–H groups in total. The number of amides is 1. The lowest BCUT2D eigenvalue weighted by molar-refractivity contribution is -0.191. The molecular weight excluding hydrogens is 386 g/mol. The summed E-state index contributed by atoms with van der Waals surface area (Å²) in [5.74, 6) is -0.0614. The van der Waals surface area contributed by atoms with E-state index in [1.165, 1.54) is 6.92 Å². The Hall–Kier alpha value is -3.77. The summed E-state index contributed by atoms with van der Waals surface area (Å²) in [5, 5.41) is 6.91. The first-order chi connectivity index (χ1) is 14.6. The summed E-state index contributed by atoms with van der Waals surface area (Å²) in [6.45, 7) is 2.24. The van der Waals surface area contributed by atoms with Crippen LogP contribution in [0.25, 0.3) is 0 Å². The first-order valence-corrected chi connectivity index (χ1v) is 9.39. The molecule has 8 heteroatoms. The number of ketones is 1. The maximum absolute atomic E-state index is 11.7. The van der Waals surface area contributed by atoms with Crippen molar-refractivity contribution in [2.24, 2.45) is 5.10 Å². The number of anilines is 1. The highest BCUT2D eigenvalue weighted by atomic mass is 16.5. The van der Waals surface area contributed by atoms with E-state index in [1.54, 1.807) is 0 Å². The zero-order valence-electron chi connectivity index (χ0n) is 16.8. The Labute approximate surface area is 175 Å². The number of ether oxygens (including phenoxy) is 1. The van der Waals surface area contributed by atoms with Crippen molar-refractivity contribution < 1.29 is 23.9 Å². The minimum absolute atomic E-state index is 0.0614. The van der Waals surface area contributed by atoms with E-state index >= 15 is 0 Å². The maximum atomic E-state index is 11.7. The number of hydrogen-bond acceptors (Lipinski definition) is 7. The lowest BCUT2D eigenvalue weighted by atomic mass is 10.1. The van der Waals surface area contributed by atoms with E-state index in [0.717, 1.165) is 24.1 Å². The van der Waals surface area contributed by atoms with Crippen LogP contribution in [-0.2, 0) is 25.7 Å². The Morgan fingerprint density at radius 3 is 2.17 bits per heavy atom. The van der Waals surface area contributed by atoms with E-state index in [-0.39, 0.29) is 18.5 Å². The van der Waals surface area contributed by atoms with E-state index in [9.17, 15) is 9.59 Å². The number of hydrogen-bond donors (Lipinski definition) is 2. The van der Waals surface area contributed by atoms with Gasteiger partial charge in [-0.2, -0.15) is 14.7 Å². The molecule has 2 aromatic carbocycles. The molecule has 158 valence electrons. The van der Waals surface area contributed by atoms with Crippen molar-refractivity contribution in [3.63, 3.8) is 0 Å². The van der Waals surface area contributed by atoms with Crippen LogP contribution >= 0.6 is 0 Å². The fourth-order valence-electron chi connectivity index (χ4n) is 2.34. The minimum atomic E-state index is -0.440. The quantitative estimate of drug-likeness (QED) is 0.351. The largest absolute Gasteiger partial charge is 0.445 e. The number of para-hydroxylation sites is 1. The summed E-state index contributed by atoms with van der Waals surface area (Å²) < 4.78 is 5.14. The monoisotopic (exact) mass is 411 g/mol. The Kier molecular flexibility index (Phi) is 12.3. The average molecular weight is 411 g/mol. The number of nitrogens with zero attached hydrogens (tertiary/aromatic N) is 1. The molecule has 0 bridgehead atoms. The fourth-order valence-corrected chi connectivity index (χ4v) is 2.34. The summed E-state index contributed by atoms with van der Waals surface area (Å²) in [4.78, 5) is 39.6. The van der Waals surface area contributed by atoms with Crippen molar-refractivity contribution >= 4 is 29.4 Å². The molecule has 0 aromatic heterocycles. The Bertz CT molecular complexity index is 832. The van der Waals surface area contributed by atoms with Crippen LogP contribution in [0.4, 0.5) is 10.5 Å². The molecule has 0 aliphatic rings. The molecule has 0 heterocycles. The standard InChI is InChI=1S/C21H25N3O3.CO2/c1-17(25)20(24-23-19-12-6-3-7-13-19)14-8-9-15-22-21(26)27-16-18-10-4-2-5-11-18;2-1-3/h2-7,10-13,23H,8-9,14-16H2,1H3,(H,22,26);. The Balaban J connectivity index is 0.00000141. The van der Waals surface area contributed by atoms with E-state index in [4.69, 9.17) is 14.3 Å². The maximum Gasteiger partial charge on any atom is 0.407 e. The highest BCUT2D eigenvalue weighted by Crippen LogP contribution is 2.06. The number of carbonyl (C=O) groups excluding carboxylic acids is 4. The number of benzene rings is 2. The van der Waals surface area contributed by atoms with Crippen molar-refractivity contribution in [2.75, 3.05) is 12.0 Å². The molecule has 0 radical (unpaired) electrons. The Morgan fingerprint density at radius 2 is 1.57 bits per heavy atom. The number of alkyl carbamates (subject to hydrolysis) is 1. The van der Waals surface area contributed by atoms with Crippen molar-refractivity contribution in [1.29, 1.82) is 0 Å². The van der Waals surface area contributed by atoms with Gasteiger partial charge in [-0.15, -0.1) is 0 Å². The number of hydrazone groups is 1. The highest BCUT2D eigenvalue weighted by Gasteiger charge is 2.07. The normalized spacial score (nSPS) is 10.1. The van der Waals surface area contributed by atoms with Crippen LogP contribution in [0.15, 0.2) is 65.8 Å². The van der Waals surface area contributed by atoms with Crippen LogP contribution in [0.3, 0.4) is 0 Å². The lowest BCUT2D eigenvalue weighted by Crippen LogP contribution is -2.25. The third-order valence-corrected chi connectivity index (χ3v) is 3.82. The molecular formula is C22H25N3O5. The van der Waals surface area contributed by atoms with Gasteiger partial charge in [0.25, 0.3) is 0 Å². The van der Waals surface area contributed by atoms with Gasteiger partial charge in [-0.25, -0.2) is 4.79 Å². The molecule has 8 nitrogen and oxygen atoms in total. The number of carbonyl (C=O) groups is 2. The third kappa shape index (κ3) is 11.2. The summed E-state index contributed by atoms with van der Waals surface area (Å²) in [5.41, 5.74) is 5.16. The Morgan fingerprint density at radius 1 is 0.967 bits per heavy atom. The molecule has 0 spiro atoms. The van der Waals surface area contributed by atoms with Gasteiger partial charge in [0.2, 0.25) is 0 Å². The molecule has 0 atom stereocenters. The SMILES string of the molecule is CC(=O)C(CCCCNC(=O)OCc1ccccc1)=NNc1ccccc1.O=C=O. The van der Waals surface area contributed by atoms with E-state index in [0.29, 0.717) is 18.7 Å².